The molecule has 3 heteroatoms. The van der Waals surface area contributed by atoms with Crippen LogP contribution in [0.15, 0.2) is 132 Å². The fourth-order valence-electron chi connectivity index (χ4n) is 6.26. The summed E-state index contributed by atoms with van der Waals surface area (Å²) in [5.41, 5.74) is 7.79. The van der Waals surface area contributed by atoms with Crippen LogP contribution in [0, 0.1) is 0 Å². The van der Waals surface area contributed by atoms with E-state index in [-0.39, 0.29) is 0 Å². The first-order valence-corrected chi connectivity index (χ1v) is 14.0. The predicted octanol–water partition coefficient (Wildman–Crippen LogP) is 10.7. The number of thiophene rings is 1. The summed E-state index contributed by atoms with van der Waals surface area (Å²) in [4.78, 5) is 0. The Morgan fingerprint density at radius 1 is 0.513 bits per heavy atom. The molecule has 0 saturated heterocycles. The van der Waals surface area contributed by atoms with E-state index in [9.17, 15) is 0 Å². The molecule has 2 nitrogen and oxygen atoms in total. The van der Waals surface area contributed by atoms with Crippen molar-refractivity contribution in [1.82, 2.24) is 4.57 Å². The van der Waals surface area contributed by atoms with Crippen molar-refractivity contribution in [3.8, 4) is 16.8 Å². The van der Waals surface area contributed by atoms with Crippen molar-refractivity contribution in [3.63, 3.8) is 0 Å². The van der Waals surface area contributed by atoms with Gasteiger partial charge < -0.3 is 8.98 Å². The zero-order valence-electron chi connectivity index (χ0n) is 20.9. The standard InChI is InChI=1S/C36H21NOS/c1-4-13-31-25(8-1)28-20-21-30-27-10-3-6-15-33(27)39-36(30)34(28)37(31)23-18-16-22(17-19-23)24-11-7-12-29-26-9-2-5-14-32(26)38-35(24)29/h1-21H. The SMILES string of the molecule is c1ccc2c(c1)oc1c(-c3ccc(-n4c5ccccc5c5ccc6c7ccccc7sc6c54)cc3)cccc12. The first-order chi connectivity index (χ1) is 19.3. The zero-order chi connectivity index (χ0) is 25.5. The Kier molecular flexibility index (Phi) is 4.24. The minimum absolute atomic E-state index is 0.925. The lowest BCUT2D eigenvalue weighted by Crippen LogP contribution is -1.94. The molecule has 6 aromatic carbocycles. The van der Waals surface area contributed by atoms with Crippen LogP contribution in [-0.2, 0) is 0 Å². The molecule has 0 N–H and O–H groups in total. The lowest BCUT2D eigenvalue weighted by molar-refractivity contribution is 0.670. The monoisotopic (exact) mass is 515 g/mol. The van der Waals surface area contributed by atoms with Gasteiger partial charge in [0.15, 0.2) is 0 Å². The third kappa shape index (κ3) is 2.91. The Morgan fingerprint density at radius 3 is 2.13 bits per heavy atom. The molecule has 0 atom stereocenters. The van der Waals surface area contributed by atoms with Gasteiger partial charge in [-0.25, -0.2) is 0 Å². The van der Waals surface area contributed by atoms with Crippen LogP contribution in [0.2, 0.25) is 0 Å². The molecule has 0 fully saturated rings. The van der Waals surface area contributed by atoms with Crippen LogP contribution in [0.3, 0.4) is 0 Å². The van der Waals surface area contributed by atoms with Crippen LogP contribution in [0.25, 0.3) is 80.7 Å². The van der Waals surface area contributed by atoms with Crippen LogP contribution in [0.4, 0.5) is 0 Å². The molecule has 182 valence electrons. The van der Waals surface area contributed by atoms with E-state index >= 15 is 0 Å². The smallest absolute Gasteiger partial charge is 0.143 e. The van der Waals surface area contributed by atoms with E-state index in [0.29, 0.717) is 0 Å². The molecule has 0 aliphatic rings. The van der Waals surface area contributed by atoms with Crippen molar-refractivity contribution in [2.45, 2.75) is 0 Å². The van der Waals surface area contributed by atoms with Crippen molar-refractivity contribution in [3.05, 3.63) is 127 Å². The van der Waals surface area contributed by atoms with Crippen LogP contribution < -0.4 is 0 Å². The highest BCUT2D eigenvalue weighted by molar-refractivity contribution is 7.26. The van der Waals surface area contributed by atoms with E-state index in [1.165, 1.54) is 42.0 Å². The summed E-state index contributed by atoms with van der Waals surface area (Å²) in [6.45, 7) is 0. The second-order valence-corrected chi connectivity index (χ2v) is 11.2. The Bertz CT molecular complexity index is 2380. The molecule has 0 aliphatic heterocycles. The maximum absolute atomic E-state index is 6.33. The summed E-state index contributed by atoms with van der Waals surface area (Å²) in [5, 5.41) is 7.53. The number of hydrogen-bond acceptors (Lipinski definition) is 2. The molecular weight excluding hydrogens is 494 g/mol. The first kappa shape index (κ1) is 21.1. The number of nitrogens with zero attached hydrogens (tertiary/aromatic N) is 1. The Labute approximate surface area is 227 Å². The molecule has 9 rings (SSSR count). The molecule has 3 aromatic heterocycles. The minimum atomic E-state index is 0.925. The number of rotatable bonds is 2. The normalized spacial score (nSPS) is 12.1. The number of para-hydroxylation sites is 3. The molecule has 3 heterocycles. The van der Waals surface area contributed by atoms with Gasteiger partial charge in [-0.1, -0.05) is 97.1 Å². The summed E-state index contributed by atoms with van der Waals surface area (Å²) >= 11 is 1.89. The van der Waals surface area contributed by atoms with Gasteiger partial charge in [0, 0.05) is 48.3 Å². The number of hydrogen-bond donors (Lipinski definition) is 0. The highest BCUT2D eigenvalue weighted by Crippen LogP contribution is 2.43. The van der Waals surface area contributed by atoms with Gasteiger partial charge in [0.05, 0.1) is 15.7 Å². The lowest BCUT2D eigenvalue weighted by atomic mass is 10.0. The van der Waals surface area contributed by atoms with E-state index in [0.717, 1.165) is 38.8 Å². The van der Waals surface area contributed by atoms with Crippen LogP contribution in [-0.4, -0.2) is 4.57 Å². The van der Waals surface area contributed by atoms with Gasteiger partial charge in [-0.15, -0.1) is 11.3 Å². The van der Waals surface area contributed by atoms with Crippen LogP contribution in [0.5, 0.6) is 0 Å². The largest absolute Gasteiger partial charge is 0.455 e. The molecule has 0 spiro atoms. The minimum Gasteiger partial charge on any atom is -0.455 e. The van der Waals surface area contributed by atoms with Crippen molar-refractivity contribution in [1.29, 1.82) is 0 Å². The van der Waals surface area contributed by atoms with Crippen molar-refractivity contribution in [2.75, 3.05) is 0 Å². The molecule has 0 bridgehead atoms. The van der Waals surface area contributed by atoms with Crippen molar-refractivity contribution < 1.29 is 4.42 Å². The van der Waals surface area contributed by atoms with Crippen molar-refractivity contribution in [2.24, 2.45) is 0 Å². The van der Waals surface area contributed by atoms with E-state index in [1.54, 1.807) is 0 Å². The zero-order valence-corrected chi connectivity index (χ0v) is 21.7. The van der Waals surface area contributed by atoms with E-state index in [2.05, 4.69) is 120 Å². The van der Waals surface area contributed by atoms with Gasteiger partial charge in [0.2, 0.25) is 0 Å². The van der Waals surface area contributed by atoms with Gasteiger partial charge in [0.25, 0.3) is 0 Å². The summed E-state index contributed by atoms with van der Waals surface area (Å²) in [7, 11) is 0. The number of fused-ring (bicyclic) bond motifs is 10. The van der Waals surface area contributed by atoms with E-state index in [4.69, 9.17) is 4.42 Å². The Hall–Kier alpha value is -4.86. The Balaban J connectivity index is 1.30. The molecule has 0 saturated carbocycles. The summed E-state index contributed by atoms with van der Waals surface area (Å²) in [6, 6.07) is 45.7. The van der Waals surface area contributed by atoms with Gasteiger partial charge in [-0.05, 0) is 35.9 Å². The predicted molar refractivity (Wildman–Crippen MR) is 166 cm³/mol. The number of benzene rings is 6. The second kappa shape index (κ2) is 7.83. The fourth-order valence-corrected chi connectivity index (χ4v) is 7.50. The highest BCUT2D eigenvalue weighted by atomic mass is 32.1. The lowest BCUT2D eigenvalue weighted by Gasteiger charge is -2.10. The van der Waals surface area contributed by atoms with E-state index < -0.39 is 0 Å². The third-order valence-corrected chi connectivity index (χ3v) is 9.21. The van der Waals surface area contributed by atoms with Crippen molar-refractivity contribution >= 4 is 75.3 Å². The molecular formula is C36H21NOS. The number of aromatic nitrogens is 1. The van der Waals surface area contributed by atoms with Gasteiger partial charge in [-0.2, -0.15) is 0 Å². The molecule has 0 amide bonds. The second-order valence-electron chi connectivity index (χ2n) is 10.1. The van der Waals surface area contributed by atoms with Crippen LogP contribution >= 0.6 is 11.3 Å². The average molecular weight is 516 g/mol. The molecule has 9 aromatic rings. The first-order valence-electron chi connectivity index (χ1n) is 13.2. The van der Waals surface area contributed by atoms with Gasteiger partial charge in [-0.3, -0.25) is 0 Å². The quantitative estimate of drug-likeness (QED) is 0.224. The van der Waals surface area contributed by atoms with Crippen LogP contribution in [0.1, 0.15) is 0 Å². The maximum atomic E-state index is 6.33. The topological polar surface area (TPSA) is 18.1 Å². The number of furan rings is 1. The molecule has 39 heavy (non-hydrogen) atoms. The molecule has 0 unspecified atom stereocenters. The Morgan fingerprint density at radius 2 is 1.23 bits per heavy atom. The van der Waals surface area contributed by atoms with E-state index in [1.807, 2.05) is 23.5 Å². The maximum Gasteiger partial charge on any atom is 0.143 e. The fraction of sp³-hybridized carbons (Fsp3) is 0. The van der Waals surface area contributed by atoms with Gasteiger partial charge in [0.1, 0.15) is 11.2 Å². The summed E-state index contributed by atoms with van der Waals surface area (Å²) in [5.74, 6) is 0. The molecule has 0 radical (unpaired) electrons. The summed E-state index contributed by atoms with van der Waals surface area (Å²) in [6.07, 6.45) is 0. The highest BCUT2D eigenvalue weighted by Gasteiger charge is 2.18. The molecule has 0 aliphatic carbocycles. The average Bonchev–Trinajstić information content (AvgIpc) is 3.67. The third-order valence-electron chi connectivity index (χ3n) is 8.02. The van der Waals surface area contributed by atoms with Gasteiger partial charge >= 0.3 is 0 Å². The summed E-state index contributed by atoms with van der Waals surface area (Å²) < 4.78 is 11.4.